The van der Waals surface area contributed by atoms with Crippen LogP contribution in [-0.2, 0) is 11.2 Å². The van der Waals surface area contributed by atoms with Gasteiger partial charge < -0.3 is 44.5 Å². The number of aliphatic hydroxyl groups is 2. The summed E-state index contributed by atoms with van der Waals surface area (Å²) < 4.78 is 16.8. The van der Waals surface area contributed by atoms with Crippen LogP contribution in [0.3, 0.4) is 0 Å². The molecule has 3 aromatic carbocycles. The van der Waals surface area contributed by atoms with E-state index in [2.05, 4.69) is 0 Å². The summed E-state index contributed by atoms with van der Waals surface area (Å²) in [6.45, 7) is 1.94. The van der Waals surface area contributed by atoms with E-state index < -0.39 is 63.5 Å². The first-order valence-corrected chi connectivity index (χ1v) is 12.3. The number of hydrogen-bond donors (Lipinski definition) is 6. The Kier molecular flexibility index (Phi) is 5.42. The van der Waals surface area contributed by atoms with Gasteiger partial charge in [0.05, 0.1) is 7.11 Å². The standard InChI is InChI=1S/C28H24O11/c1-3-4-10-7-9-8-11-15(22(32)14(9)28(36)38-10)17-18(25(35)20(11)30)26(37-2)27-19(24(17)34)23(33)16-13(39-27)6-5-12(29)21(16)31/h5-6,8,10,20,25,29-32,34-35H,3-4,7H2,1-2H3. The second-order valence-corrected chi connectivity index (χ2v) is 9.75. The third-order valence-electron chi connectivity index (χ3n) is 7.52. The van der Waals surface area contributed by atoms with E-state index in [0.29, 0.717) is 12.0 Å². The first kappa shape index (κ1) is 24.8. The van der Waals surface area contributed by atoms with Crippen molar-refractivity contribution in [3.63, 3.8) is 0 Å². The number of phenolic OH excluding ortho intramolecular Hbond substituents is 4. The number of esters is 1. The summed E-state index contributed by atoms with van der Waals surface area (Å²) in [5.41, 5.74) is -1.73. The van der Waals surface area contributed by atoms with E-state index in [9.17, 15) is 40.2 Å². The number of benzene rings is 3. The Balaban J connectivity index is 1.76. The minimum atomic E-state index is -1.69. The Morgan fingerprint density at radius 2 is 1.69 bits per heavy atom. The van der Waals surface area contributed by atoms with E-state index in [1.54, 1.807) is 0 Å². The van der Waals surface area contributed by atoms with Gasteiger partial charge in [0.2, 0.25) is 5.43 Å². The highest BCUT2D eigenvalue weighted by atomic mass is 16.5. The molecule has 4 aromatic rings. The molecule has 0 radical (unpaired) electrons. The molecule has 2 heterocycles. The van der Waals surface area contributed by atoms with Crippen molar-refractivity contribution < 1.29 is 49.3 Å². The lowest BCUT2D eigenvalue weighted by molar-refractivity contribution is 0.0134. The number of ether oxygens (including phenoxy) is 2. The number of phenols is 4. The Morgan fingerprint density at radius 1 is 0.949 bits per heavy atom. The van der Waals surface area contributed by atoms with Gasteiger partial charge in [0, 0.05) is 23.1 Å². The molecule has 0 spiro atoms. The molecule has 3 unspecified atom stereocenters. The summed E-state index contributed by atoms with van der Waals surface area (Å²) in [6, 6.07) is 3.82. The van der Waals surface area contributed by atoms with Crippen LogP contribution in [0.4, 0.5) is 0 Å². The maximum absolute atomic E-state index is 13.6. The SMILES string of the molecule is CCCC1Cc2cc3c(c(O)c2C(=O)O1)-c1c(c(OC)c2oc4ccc(O)c(O)c4c(=O)c2c1O)C(O)C3O. The lowest BCUT2D eigenvalue weighted by atomic mass is 9.77. The summed E-state index contributed by atoms with van der Waals surface area (Å²) in [5, 5.41) is 64.6. The van der Waals surface area contributed by atoms with Crippen molar-refractivity contribution in [1.82, 2.24) is 0 Å². The van der Waals surface area contributed by atoms with E-state index in [1.165, 1.54) is 19.2 Å². The maximum Gasteiger partial charge on any atom is 0.342 e. The van der Waals surface area contributed by atoms with Gasteiger partial charge in [0.1, 0.15) is 51.7 Å². The second-order valence-electron chi connectivity index (χ2n) is 9.75. The molecule has 3 atom stereocenters. The molecule has 1 aliphatic carbocycles. The summed E-state index contributed by atoms with van der Waals surface area (Å²) in [4.78, 5) is 26.5. The number of rotatable bonds is 3. The average molecular weight is 536 g/mol. The van der Waals surface area contributed by atoms with E-state index in [1.807, 2.05) is 6.92 Å². The fourth-order valence-corrected chi connectivity index (χ4v) is 5.80. The van der Waals surface area contributed by atoms with Crippen molar-refractivity contribution in [2.75, 3.05) is 7.11 Å². The molecular weight excluding hydrogens is 512 g/mol. The van der Waals surface area contributed by atoms with Crippen LogP contribution in [0.1, 0.15) is 59.0 Å². The monoisotopic (exact) mass is 536 g/mol. The maximum atomic E-state index is 13.6. The van der Waals surface area contributed by atoms with Crippen molar-refractivity contribution in [2.24, 2.45) is 0 Å². The number of hydrogen-bond acceptors (Lipinski definition) is 11. The van der Waals surface area contributed by atoms with E-state index in [4.69, 9.17) is 13.9 Å². The molecule has 1 aromatic heterocycles. The van der Waals surface area contributed by atoms with Crippen LogP contribution in [-0.4, -0.2) is 49.8 Å². The molecule has 6 rings (SSSR count). The second kappa shape index (κ2) is 8.52. The first-order chi connectivity index (χ1) is 18.6. The molecule has 39 heavy (non-hydrogen) atoms. The smallest absolute Gasteiger partial charge is 0.342 e. The van der Waals surface area contributed by atoms with Crippen LogP contribution in [0.25, 0.3) is 33.1 Å². The lowest BCUT2D eigenvalue weighted by Gasteiger charge is -2.34. The fourth-order valence-electron chi connectivity index (χ4n) is 5.80. The molecule has 1 aliphatic heterocycles. The molecule has 0 bridgehead atoms. The molecule has 6 N–H and O–H groups in total. The molecule has 0 saturated heterocycles. The van der Waals surface area contributed by atoms with Crippen molar-refractivity contribution in [3.8, 4) is 39.9 Å². The van der Waals surface area contributed by atoms with E-state index in [0.717, 1.165) is 12.5 Å². The van der Waals surface area contributed by atoms with Gasteiger partial charge in [-0.05, 0) is 29.7 Å². The van der Waals surface area contributed by atoms with Crippen LogP contribution in [0.2, 0.25) is 0 Å². The fraction of sp³-hybridized carbons (Fsp3) is 0.286. The zero-order chi connectivity index (χ0) is 27.9. The summed E-state index contributed by atoms with van der Waals surface area (Å²) in [6.07, 6.45) is -2.10. The van der Waals surface area contributed by atoms with Gasteiger partial charge in [-0.3, -0.25) is 4.79 Å². The quantitative estimate of drug-likeness (QED) is 0.128. The van der Waals surface area contributed by atoms with Crippen molar-refractivity contribution in [3.05, 3.63) is 50.7 Å². The summed E-state index contributed by atoms with van der Waals surface area (Å²) in [5.74, 6) is -3.71. The summed E-state index contributed by atoms with van der Waals surface area (Å²) >= 11 is 0. The van der Waals surface area contributed by atoms with E-state index in [-0.39, 0.29) is 51.2 Å². The van der Waals surface area contributed by atoms with Crippen LogP contribution in [0.15, 0.2) is 27.4 Å². The first-order valence-electron chi connectivity index (χ1n) is 12.3. The Labute approximate surface area is 219 Å². The van der Waals surface area contributed by atoms with Gasteiger partial charge >= 0.3 is 5.97 Å². The van der Waals surface area contributed by atoms with Crippen molar-refractivity contribution >= 4 is 27.9 Å². The third-order valence-corrected chi connectivity index (χ3v) is 7.52. The zero-order valence-electron chi connectivity index (χ0n) is 20.8. The molecular formula is C28H24O11. The van der Waals surface area contributed by atoms with Crippen LogP contribution < -0.4 is 10.2 Å². The minimum absolute atomic E-state index is 0.0265. The van der Waals surface area contributed by atoms with Gasteiger partial charge in [0.15, 0.2) is 22.8 Å². The van der Waals surface area contributed by atoms with Gasteiger partial charge in [-0.25, -0.2) is 4.79 Å². The molecule has 11 heteroatoms. The summed E-state index contributed by atoms with van der Waals surface area (Å²) in [7, 11) is 1.22. The van der Waals surface area contributed by atoms with Crippen LogP contribution >= 0.6 is 0 Å². The molecule has 2 aliphatic rings. The molecule has 0 amide bonds. The van der Waals surface area contributed by atoms with Gasteiger partial charge in [-0.2, -0.15) is 0 Å². The molecule has 0 fully saturated rings. The lowest BCUT2D eigenvalue weighted by Crippen LogP contribution is -2.29. The van der Waals surface area contributed by atoms with Gasteiger partial charge in [-0.15, -0.1) is 0 Å². The van der Waals surface area contributed by atoms with Gasteiger partial charge in [0.25, 0.3) is 0 Å². The van der Waals surface area contributed by atoms with E-state index >= 15 is 0 Å². The predicted molar refractivity (Wildman–Crippen MR) is 136 cm³/mol. The molecule has 0 saturated carbocycles. The number of carbonyl (C=O) groups excluding carboxylic acids is 1. The van der Waals surface area contributed by atoms with Gasteiger partial charge in [-0.1, -0.05) is 19.4 Å². The Bertz CT molecular complexity index is 1790. The third kappa shape index (κ3) is 3.23. The zero-order valence-corrected chi connectivity index (χ0v) is 20.8. The molecule has 11 nitrogen and oxygen atoms in total. The Hall–Kier alpha value is -4.48. The topological polar surface area (TPSA) is 187 Å². The number of aliphatic hydroxyl groups excluding tert-OH is 2. The minimum Gasteiger partial charge on any atom is -0.506 e. The van der Waals surface area contributed by atoms with Crippen LogP contribution in [0.5, 0.6) is 28.7 Å². The number of methoxy groups -OCH3 is 1. The number of carbonyl (C=O) groups is 1. The molecule has 202 valence electrons. The number of cyclic esters (lactones) is 1. The normalized spacial score (nSPS) is 19.9. The Morgan fingerprint density at radius 3 is 2.38 bits per heavy atom. The predicted octanol–water partition coefficient (Wildman–Crippen LogP) is 3.41. The highest BCUT2D eigenvalue weighted by molar-refractivity contribution is 6.07. The largest absolute Gasteiger partial charge is 0.506 e. The highest BCUT2D eigenvalue weighted by Gasteiger charge is 2.43. The van der Waals surface area contributed by atoms with Crippen LogP contribution in [0, 0.1) is 0 Å². The highest BCUT2D eigenvalue weighted by Crippen LogP contribution is 2.58. The van der Waals surface area contributed by atoms with Crippen molar-refractivity contribution in [1.29, 1.82) is 0 Å². The number of aromatic hydroxyl groups is 4. The average Bonchev–Trinajstić information content (AvgIpc) is 2.89. The van der Waals surface area contributed by atoms with Crippen molar-refractivity contribution in [2.45, 2.75) is 44.5 Å². The number of fused-ring (bicyclic) bond motifs is 6.